The smallest absolute Gasteiger partial charge is 0.255 e. The molecule has 0 spiro atoms. The Morgan fingerprint density at radius 2 is 2.46 bits per heavy atom. The third kappa shape index (κ3) is 1.96. The molecule has 2 rings (SSSR count). The monoisotopic (exact) mass is 233 g/mol. The van der Waals surface area contributed by atoms with Crippen LogP contribution >= 0.6 is 34.3 Å². The summed E-state index contributed by atoms with van der Waals surface area (Å²) in [6.07, 6.45) is 1.69. The molecule has 0 amide bonds. The van der Waals surface area contributed by atoms with Gasteiger partial charge in [-0.05, 0) is 22.9 Å². The summed E-state index contributed by atoms with van der Waals surface area (Å²) in [5.74, 6) is 0. The van der Waals surface area contributed by atoms with E-state index in [0.29, 0.717) is 6.54 Å². The molecule has 68 valence electrons. The fourth-order valence-electron chi connectivity index (χ4n) is 0.840. The van der Waals surface area contributed by atoms with Gasteiger partial charge in [0.25, 0.3) is 0 Å². The van der Waals surface area contributed by atoms with Crippen LogP contribution in [0.25, 0.3) is 0 Å². The Morgan fingerprint density at radius 1 is 1.62 bits per heavy atom. The average Bonchev–Trinajstić information content (AvgIpc) is 2.63. The van der Waals surface area contributed by atoms with Crippen LogP contribution < -0.4 is 4.87 Å². The molecule has 0 fully saturated rings. The zero-order valence-electron chi connectivity index (χ0n) is 6.31. The summed E-state index contributed by atoms with van der Waals surface area (Å²) in [6.45, 7) is 0.403. The summed E-state index contributed by atoms with van der Waals surface area (Å²) in [5.41, 5.74) is 0. The molecule has 7 heteroatoms. The van der Waals surface area contributed by atoms with Crippen molar-refractivity contribution in [2.75, 3.05) is 0 Å². The Balaban J connectivity index is 2.28. The molecule has 2 aromatic rings. The predicted molar refractivity (Wildman–Crippen MR) is 52.6 cm³/mol. The van der Waals surface area contributed by atoms with Crippen molar-refractivity contribution in [3.8, 4) is 0 Å². The molecule has 0 aliphatic heterocycles. The number of nitrogens with zero attached hydrogens (tertiary/aromatic N) is 3. The third-order valence-electron chi connectivity index (χ3n) is 1.35. The van der Waals surface area contributed by atoms with Gasteiger partial charge in [0, 0.05) is 11.6 Å². The molecule has 0 unspecified atom stereocenters. The van der Waals surface area contributed by atoms with Crippen LogP contribution in [0.4, 0.5) is 0 Å². The molecule has 2 aromatic heterocycles. The van der Waals surface area contributed by atoms with Crippen molar-refractivity contribution in [1.29, 1.82) is 0 Å². The molecule has 0 saturated carbocycles. The largest absolute Gasteiger partial charge is 0.326 e. The van der Waals surface area contributed by atoms with Crippen LogP contribution in [0.3, 0.4) is 0 Å². The van der Waals surface area contributed by atoms with Crippen LogP contribution in [0, 0.1) is 0 Å². The second-order valence-electron chi connectivity index (χ2n) is 2.20. The quantitative estimate of drug-likeness (QED) is 0.789. The van der Waals surface area contributed by atoms with Crippen LogP contribution in [0.2, 0.25) is 4.47 Å². The number of halogens is 1. The molecule has 13 heavy (non-hydrogen) atoms. The highest BCUT2D eigenvalue weighted by atomic mass is 35.5. The lowest BCUT2D eigenvalue weighted by Crippen LogP contribution is -2.15. The Morgan fingerprint density at radius 3 is 3.00 bits per heavy atom. The first kappa shape index (κ1) is 8.86. The lowest BCUT2D eigenvalue weighted by atomic mass is 10.7. The van der Waals surface area contributed by atoms with Crippen LogP contribution in [0.5, 0.6) is 0 Å². The topological polar surface area (TPSA) is 47.8 Å². The van der Waals surface area contributed by atoms with E-state index in [4.69, 9.17) is 11.6 Å². The SMILES string of the molecule is O=c1sc(Cl)nn1Cc1nccs1. The van der Waals surface area contributed by atoms with Crippen molar-refractivity contribution in [3.63, 3.8) is 0 Å². The van der Waals surface area contributed by atoms with Gasteiger partial charge in [-0.3, -0.25) is 4.79 Å². The van der Waals surface area contributed by atoms with Crippen LogP contribution in [0.15, 0.2) is 16.4 Å². The number of rotatable bonds is 2. The molecule has 0 radical (unpaired) electrons. The maximum Gasteiger partial charge on any atom is 0.326 e. The third-order valence-corrected chi connectivity index (χ3v) is 3.06. The molecule has 0 saturated heterocycles. The summed E-state index contributed by atoms with van der Waals surface area (Å²) in [5, 5.41) is 6.55. The molecular weight excluding hydrogens is 230 g/mol. The standard InChI is InChI=1S/C6H4ClN3OS2/c7-5-9-10(6(11)13-5)3-4-8-1-2-12-4/h1-2H,3H2. The van der Waals surface area contributed by atoms with Crippen LogP contribution in [-0.2, 0) is 6.54 Å². The highest BCUT2D eigenvalue weighted by Crippen LogP contribution is 2.09. The predicted octanol–water partition coefficient (Wildman–Crippen LogP) is 1.46. The van der Waals surface area contributed by atoms with E-state index in [2.05, 4.69) is 10.1 Å². The minimum Gasteiger partial charge on any atom is -0.255 e. The Labute approximate surface area is 86.4 Å². The van der Waals surface area contributed by atoms with Gasteiger partial charge in [0.15, 0.2) is 0 Å². The van der Waals surface area contributed by atoms with Crippen LogP contribution in [0.1, 0.15) is 5.01 Å². The van der Waals surface area contributed by atoms with Crippen molar-refractivity contribution in [1.82, 2.24) is 14.8 Å². The normalized spacial score (nSPS) is 10.5. The van der Waals surface area contributed by atoms with Crippen molar-refractivity contribution >= 4 is 34.3 Å². The van der Waals surface area contributed by atoms with Gasteiger partial charge in [-0.2, -0.15) is 0 Å². The summed E-state index contributed by atoms with van der Waals surface area (Å²) in [7, 11) is 0. The summed E-state index contributed by atoms with van der Waals surface area (Å²) >= 11 is 7.99. The van der Waals surface area contributed by atoms with E-state index < -0.39 is 0 Å². The highest BCUT2D eigenvalue weighted by molar-refractivity contribution is 7.13. The second-order valence-corrected chi connectivity index (χ2v) is 4.71. The van der Waals surface area contributed by atoms with E-state index in [1.807, 2.05) is 5.38 Å². The molecule has 0 aliphatic carbocycles. The van der Waals surface area contributed by atoms with Crippen molar-refractivity contribution < 1.29 is 0 Å². The maximum atomic E-state index is 11.2. The summed E-state index contributed by atoms with van der Waals surface area (Å²) < 4.78 is 1.58. The Kier molecular flexibility index (Phi) is 2.43. The molecule has 2 heterocycles. The molecule has 0 atom stereocenters. The van der Waals surface area contributed by atoms with Gasteiger partial charge < -0.3 is 0 Å². The minimum atomic E-state index is -0.153. The van der Waals surface area contributed by atoms with E-state index in [1.165, 1.54) is 16.0 Å². The average molecular weight is 234 g/mol. The van der Waals surface area contributed by atoms with Crippen molar-refractivity contribution in [2.45, 2.75) is 6.54 Å². The summed E-state index contributed by atoms with van der Waals surface area (Å²) in [6, 6.07) is 0. The maximum absolute atomic E-state index is 11.2. The Hall–Kier alpha value is -0.720. The lowest BCUT2D eigenvalue weighted by molar-refractivity contribution is 0.663. The van der Waals surface area contributed by atoms with Gasteiger partial charge in [0.1, 0.15) is 5.01 Å². The molecule has 0 aromatic carbocycles. The van der Waals surface area contributed by atoms with E-state index in [9.17, 15) is 4.79 Å². The molecule has 4 nitrogen and oxygen atoms in total. The molecule has 0 aliphatic rings. The van der Waals surface area contributed by atoms with E-state index in [1.54, 1.807) is 6.20 Å². The number of aromatic nitrogens is 3. The molecular formula is C6H4ClN3OS2. The first-order valence-electron chi connectivity index (χ1n) is 3.37. The van der Waals surface area contributed by atoms with Gasteiger partial charge in [-0.1, -0.05) is 0 Å². The fourth-order valence-corrected chi connectivity index (χ4v) is 2.22. The van der Waals surface area contributed by atoms with E-state index >= 15 is 0 Å². The van der Waals surface area contributed by atoms with Crippen LogP contribution in [-0.4, -0.2) is 14.8 Å². The number of thiazole rings is 1. The minimum absolute atomic E-state index is 0.153. The van der Waals surface area contributed by atoms with Gasteiger partial charge in [0.2, 0.25) is 4.47 Å². The Bertz CT molecular complexity index is 447. The second kappa shape index (κ2) is 3.57. The zero-order valence-corrected chi connectivity index (χ0v) is 8.70. The number of hydrogen-bond donors (Lipinski definition) is 0. The van der Waals surface area contributed by atoms with Gasteiger partial charge in [-0.15, -0.1) is 16.4 Å². The first-order valence-corrected chi connectivity index (χ1v) is 5.45. The van der Waals surface area contributed by atoms with E-state index in [0.717, 1.165) is 16.3 Å². The highest BCUT2D eigenvalue weighted by Gasteiger charge is 2.05. The number of hydrogen-bond acceptors (Lipinski definition) is 5. The van der Waals surface area contributed by atoms with E-state index in [-0.39, 0.29) is 9.34 Å². The van der Waals surface area contributed by atoms with Crippen molar-refractivity contribution in [3.05, 3.63) is 30.7 Å². The lowest BCUT2D eigenvalue weighted by Gasteiger charge is -1.92. The molecule has 0 N–H and O–H groups in total. The summed E-state index contributed by atoms with van der Waals surface area (Å²) in [4.78, 5) is 15.1. The zero-order chi connectivity index (χ0) is 9.26. The van der Waals surface area contributed by atoms with Gasteiger partial charge >= 0.3 is 4.87 Å². The molecule has 0 bridgehead atoms. The van der Waals surface area contributed by atoms with Gasteiger partial charge in [0.05, 0.1) is 6.54 Å². The first-order chi connectivity index (χ1) is 6.25. The van der Waals surface area contributed by atoms with Gasteiger partial charge in [-0.25, -0.2) is 9.67 Å². The fraction of sp³-hybridized carbons (Fsp3) is 0.167. The van der Waals surface area contributed by atoms with Crippen molar-refractivity contribution in [2.24, 2.45) is 0 Å².